The van der Waals surface area contributed by atoms with Crippen molar-refractivity contribution in [2.24, 2.45) is 0 Å². The average molecular weight is 322 g/mol. The van der Waals surface area contributed by atoms with Crippen molar-refractivity contribution in [3.8, 4) is 11.3 Å². The summed E-state index contributed by atoms with van der Waals surface area (Å²) in [4.78, 5) is 4.83. The second-order valence-corrected chi connectivity index (χ2v) is 6.54. The molecule has 1 fully saturated rings. The number of aromatic nitrogens is 3. The highest BCUT2D eigenvalue weighted by atomic mass is 16.5. The van der Waals surface area contributed by atoms with Crippen molar-refractivity contribution in [3.05, 3.63) is 42.6 Å². The summed E-state index contributed by atoms with van der Waals surface area (Å²) < 4.78 is 7.55. The molecular formula is C19H22N4O. The van der Waals surface area contributed by atoms with Gasteiger partial charge in [-0.1, -0.05) is 30.3 Å². The summed E-state index contributed by atoms with van der Waals surface area (Å²) >= 11 is 0. The number of hydrogen-bond donors (Lipinski definition) is 1. The van der Waals surface area contributed by atoms with E-state index in [1.165, 1.54) is 0 Å². The van der Waals surface area contributed by atoms with Crippen LogP contribution in [0, 0.1) is 0 Å². The molecule has 0 bridgehead atoms. The standard InChI is InChI=1S/C19H22N4O/c1-13(2)23-19-17(21-15-8-9-24-12-15)10-16(22-18(19)11-20-23)14-6-4-3-5-7-14/h3-7,10-11,13,15H,8-9,12H2,1-2H3,(H,21,22)/t15-/m1/s1. The molecule has 0 amide bonds. The number of hydrogen-bond acceptors (Lipinski definition) is 4. The van der Waals surface area contributed by atoms with E-state index < -0.39 is 0 Å². The van der Waals surface area contributed by atoms with Crippen LogP contribution < -0.4 is 5.32 Å². The highest BCUT2D eigenvalue weighted by Gasteiger charge is 2.20. The fourth-order valence-corrected chi connectivity index (χ4v) is 3.19. The fraction of sp³-hybridized carbons (Fsp3) is 0.368. The molecule has 0 spiro atoms. The minimum absolute atomic E-state index is 0.284. The zero-order valence-corrected chi connectivity index (χ0v) is 14.1. The molecule has 2 aromatic heterocycles. The van der Waals surface area contributed by atoms with E-state index in [1.54, 1.807) is 0 Å². The van der Waals surface area contributed by atoms with E-state index in [-0.39, 0.29) is 6.04 Å². The number of pyridine rings is 1. The highest BCUT2D eigenvalue weighted by Crippen LogP contribution is 2.31. The maximum Gasteiger partial charge on any atom is 0.111 e. The Morgan fingerprint density at radius 1 is 1.25 bits per heavy atom. The van der Waals surface area contributed by atoms with Crippen LogP contribution in [0.15, 0.2) is 42.6 Å². The van der Waals surface area contributed by atoms with Gasteiger partial charge in [-0.25, -0.2) is 4.98 Å². The van der Waals surface area contributed by atoms with Gasteiger partial charge in [0.2, 0.25) is 0 Å². The number of rotatable bonds is 4. The van der Waals surface area contributed by atoms with Crippen LogP contribution in [-0.2, 0) is 4.74 Å². The van der Waals surface area contributed by atoms with Gasteiger partial charge < -0.3 is 10.1 Å². The molecule has 0 aliphatic carbocycles. The minimum Gasteiger partial charge on any atom is -0.379 e. The number of nitrogens with one attached hydrogen (secondary N) is 1. The van der Waals surface area contributed by atoms with Gasteiger partial charge in [0, 0.05) is 18.2 Å². The van der Waals surface area contributed by atoms with E-state index in [9.17, 15) is 0 Å². The molecule has 124 valence electrons. The molecule has 1 aromatic carbocycles. The number of anilines is 1. The van der Waals surface area contributed by atoms with Gasteiger partial charge in [0.25, 0.3) is 0 Å². The van der Waals surface area contributed by atoms with Crippen LogP contribution in [0.25, 0.3) is 22.3 Å². The SMILES string of the molecule is CC(C)n1ncc2nc(-c3ccccc3)cc(N[C@@H]3CCOC3)c21. The fourth-order valence-electron chi connectivity index (χ4n) is 3.19. The Morgan fingerprint density at radius 3 is 2.79 bits per heavy atom. The molecule has 1 aliphatic heterocycles. The molecule has 1 N–H and O–H groups in total. The molecule has 0 radical (unpaired) electrons. The van der Waals surface area contributed by atoms with Crippen LogP contribution in [0.1, 0.15) is 26.3 Å². The molecule has 0 unspecified atom stereocenters. The molecule has 3 heterocycles. The molecule has 1 saturated heterocycles. The molecule has 0 saturated carbocycles. The van der Waals surface area contributed by atoms with Crippen LogP contribution in [0.3, 0.4) is 0 Å². The van der Waals surface area contributed by atoms with Gasteiger partial charge in [0.15, 0.2) is 0 Å². The predicted molar refractivity (Wildman–Crippen MR) is 96.2 cm³/mol. The van der Waals surface area contributed by atoms with Crippen molar-refractivity contribution >= 4 is 16.7 Å². The topological polar surface area (TPSA) is 52.0 Å². The monoisotopic (exact) mass is 322 g/mol. The van der Waals surface area contributed by atoms with Crippen molar-refractivity contribution in [1.82, 2.24) is 14.8 Å². The van der Waals surface area contributed by atoms with E-state index in [0.717, 1.165) is 47.6 Å². The molecular weight excluding hydrogens is 300 g/mol. The molecule has 1 aliphatic rings. The van der Waals surface area contributed by atoms with Crippen molar-refractivity contribution < 1.29 is 4.74 Å². The Morgan fingerprint density at radius 2 is 2.08 bits per heavy atom. The summed E-state index contributed by atoms with van der Waals surface area (Å²) in [6.07, 6.45) is 2.89. The van der Waals surface area contributed by atoms with Crippen LogP contribution in [-0.4, -0.2) is 34.0 Å². The summed E-state index contributed by atoms with van der Waals surface area (Å²) in [7, 11) is 0. The summed E-state index contributed by atoms with van der Waals surface area (Å²) in [5.41, 5.74) is 5.15. The number of fused-ring (bicyclic) bond motifs is 1. The first-order valence-corrected chi connectivity index (χ1v) is 8.50. The van der Waals surface area contributed by atoms with Gasteiger partial charge in [0.05, 0.1) is 30.2 Å². The Kier molecular flexibility index (Phi) is 3.94. The van der Waals surface area contributed by atoms with Gasteiger partial charge >= 0.3 is 0 Å². The van der Waals surface area contributed by atoms with E-state index in [4.69, 9.17) is 9.72 Å². The van der Waals surface area contributed by atoms with Gasteiger partial charge in [-0.2, -0.15) is 5.10 Å². The summed E-state index contributed by atoms with van der Waals surface area (Å²) in [5, 5.41) is 8.20. The lowest BCUT2D eigenvalue weighted by Gasteiger charge is -2.17. The first-order valence-electron chi connectivity index (χ1n) is 8.50. The van der Waals surface area contributed by atoms with Gasteiger partial charge in [-0.15, -0.1) is 0 Å². The van der Waals surface area contributed by atoms with E-state index in [1.807, 2.05) is 29.1 Å². The van der Waals surface area contributed by atoms with Crippen molar-refractivity contribution in [2.75, 3.05) is 18.5 Å². The van der Waals surface area contributed by atoms with Gasteiger partial charge in [-0.05, 0) is 26.3 Å². The molecule has 5 nitrogen and oxygen atoms in total. The third-order valence-electron chi connectivity index (χ3n) is 4.40. The lowest BCUT2D eigenvalue weighted by Crippen LogP contribution is -2.20. The first kappa shape index (κ1) is 15.1. The Balaban J connectivity index is 1.85. The first-order chi connectivity index (χ1) is 11.7. The summed E-state index contributed by atoms with van der Waals surface area (Å²) in [6, 6.07) is 13.0. The summed E-state index contributed by atoms with van der Waals surface area (Å²) in [6.45, 7) is 5.85. The highest BCUT2D eigenvalue weighted by molar-refractivity contribution is 5.91. The lowest BCUT2D eigenvalue weighted by molar-refractivity contribution is 0.195. The van der Waals surface area contributed by atoms with Crippen molar-refractivity contribution in [3.63, 3.8) is 0 Å². The minimum atomic E-state index is 0.284. The van der Waals surface area contributed by atoms with E-state index >= 15 is 0 Å². The molecule has 24 heavy (non-hydrogen) atoms. The molecule has 5 heteroatoms. The quantitative estimate of drug-likeness (QED) is 0.792. The zero-order chi connectivity index (χ0) is 16.5. The van der Waals surface area contributed by atoms with E-state index in [2.05, 4.69) is 42.5 Å². The summed E-state index contributed by atoms with van der Waals surface area (Å²) in [5.74, 6) is 0. The van der Waals surface area contributed by atoms with Crippen molar-refractivity contribution in [1.29, 1.82) is 0 Å². The maximum atomic E-state index is 5.51. The van der Waals surface area contributed by atoms with E-state index in [0.29, 0.717) is 6.04 Å². The average Bonchev–Trinajstić information content (AvgIpc) is 3.25. The predicted octanol–water partition coefficient (Wildman–Crippen LogP) is 3.88. The smallest absolute Gasteiger partial charge is 0.111 e. The maximum absolute atomic E-state index is 5.51. The van der Waals surface area contributed by atoms with Crippen LogP contribution in [0.5, 0.6) is 0 Å². The number of benzene rings is 1. The third kappa shape index (κ3) is 2.76. The van der Waals surface area contributed by atoms with Crippen LogP contribution in [0.2, 0.25) is 0 Å². The lowest BCUT2D eigenvalue weighted by atomic mass is 10.1. The third-order valence-corrected chi connectivity index (χ3v) is 4.40. The van der Waals surface area contributed by atoms with Crippen LogP contribution in [0.4, 0.5) is 5.69 Å². The van der Waals surface area contributed by atoms with Gasteiger partial charge in [-0.3, -0.25) is 4.68 Å². The second-order valence-electron chi connectivity index (χ2n) is 6.54. The van der Waals surface area contributed by atoms with Crippen molar-refractivity contribution in [2.45, 2.75) is 32.4 Å². The second kappa shape index (κ2) is 6.24. The van der Waals surface area contributed by atoms with Crippen LogP contribution >= 0.6 is 0 Å². The Bertz CT molecular complexity index is 835. The molecule has 1 atom stereocenters. The Hall–Kier alpha value is -2.40. The number of nitrogens with zero attached hydrogens (tertiary/aromatic N) is 3. The Labute approximate surface area is 141 Å². The molecule has 3 aromatic rings. The normalized spacial score (nSPS) is 17.7. The largest absolute Gasteiger partial charge is 0.379 e. The zero-order valence-electron chi connectivity index (χ0n) is 14.1. The molecule has 4 rings (SSSR count). The number of ether oxygens (including phenoxy) is 1. The van der Waals surface area contributed by atoms with Gasteiger partial charge in [0.1, 0.15) is 11.0 Å².